The summed E-state index contributed by atoms with van der Waals surface area (Å²) in [6, 6.07) is 15.8. The Labute approximate surface area is 206 Å². The fraction of sp³-hybridized carbons (Fsp3) is 0.370. The fourth-order valence-corrected chi connectivity index (χ4v) is 4.03. The highest BCUT2D eigenvalue weighted by Crippen LogP contribution is 2.16. The molecule has 4 N–H and O–H groups in total. The predicted molar refractivity (Wildman–Crippen MR) is 137 cm³/mol. The van der Waals surface area contributed by atoms with E-state index in [0.29, 0.717) is 25.8 Å². The minimum absolute atomic E-state index is 0.0596. The van der Waals surface area contributed by atoms with Gasteiger partial charge in [-0.15, -0.1) is 0 Å². The number of aliphatic hydroxyl groups is 1. The van der Waals surface area contributed by atoms with Crippen molar-refractivity contribution in [3.05, 3.63) is 71.8 Å². The lowest BCUT2D eigenvalue weighted by Gasteiger charge is -2.23. The first kappa shape index (κ1) is 26.0. The molecule has 0 unspecified atom stereocenters. The van der Waals surface area contributed by atoms with Crippen molar-refractivity contribution in [3.63, 3.8) is 0 Å². The Morgan fingerprint density at radius 1 is 1.11 bits per heavy atom. The van der Waals surface area contributed by atoms with Gasteiger partial charge in [0.05, 0.1) is 12.6 Å². The van der Waals surface area contributed by atoms with Crippen LogP contribution in [0.2, 0.25) is 0 Å². The molecule has 0 bridgehead atoms. The molecule has 0 aromatic heterocycles. The Bertz CT molecular complexity index is 1020. The molecule has 1 heterocycles. The lowest BCUT2D eigenvalue weighted by Crippen LogP contribution is -2.51. The van der Waals surface area contributed by atoms with Crippen LogP contribution in [0.5, 0.6) is 0 Å². The minimum atomic E-state index is -0.836. The minimum Gasteiger partial charge on any atom is -0.394 e. The van der Waals surface area contributed by atoms with Gasteiger partial charge in [0.25, 0.3) is 0 Å². The van der Waals surface area contributed by atoms with Gasteiger partial charge in [-0.3, -0.25) is 14.4 Å². The number of benzene rings is 2. The van der Waals surface area contributed by atoms with Crippen LogP contribution in [0.1, 0.15) is 24.0 Å². The molecule has 8 heteroatoms. The smallest absolute Gasteiger partial charge is 0.244 e. The SMILES string of the molecule is CN(C)c1ccc(/C=C/C(=O)N[C@@H](Cc2ccccc2)C(=O)N[C@H](CO)C[C@@H]2CCNC2=O)cc1. The Morgan fingerprint density at radius 2 is 1.83 bits per heavy atom. The van der Waals surface area contributed by atoms with Crippen molar-refractivity contribution < 1.29 is 19.5 Å². The van der Waals surface area contributed by atoms with E-state index in [-0.39, 0.29) is 18.4 Å². The molecule has 0 radical (unpaired) electrons. The van der Waals surface area contributed by atoms with Crippen LogP contribution in [0.25, 0.3) is 6.08 Å². The van der Waals surface area contributed by atoms with E-state index in [9.17, 15) is 19.5 Å². The molecule has 1 aliphatic rings. The van der Waals surface area contributed by atoms with Crippen molar-refractivity contribution in [2.45, 2.75) is 31.3 Å². The van der Waals surface area contributed by atoms with E-state index in [2.05, 4.69) is 16.0 Å². The quantitative estimate of drug-likeness (QED) is 0.366. The summed E-state index contributed by atoms with van der Waals surface area (Å²) < 4.78 is 0. The summed E-state index contributed by atoms with van der Waals surface area (Å²) in [6.07, 6.45) is 4.42. The van der Waals surface area contributed by atoms with Crippen LogP contribution >= 0.6 is 0 Å². The van der Waals surface area contributed by atoms with Gasteiger partial charge in [-0.05, 0) is 42.2 Å². The molecular formula is C27H34N4O4. The normalized spacial score (nSPS) is 17.0. The summed E-state index contributed by atoms with van der Waals surface area (Å²) in [5.74, 6) is -1.09. The molecule has 3 atom stereocenters. The van der Waals surface area contributed by atoms with E-state index in [1.807, 2.05) is 73.6 Å². The van der Waals surface area contributed by atoms with Crippen LogP contribution in [0.15, 0.2) is 60.7 Å². The van der Waals surface area contributed by atoms with Gasteiger partial charge in [0.15, 0.2) is 0 Å². The molecule has 2 aromatic carbocycles. The zero-order valence-electron chi connectivity index (χ0n) is 20.2. The molecule has 3 rings (SSSR count). The van der Waals surface area contributed by atoms with Crippen molar-refractivity contribution in [2.75, 3.05) is 32.1 Å². The van der Waals surface area contributed by atoms with E-state index >= 15 is 0 Å². The molecule has 35 heavy (non-hydrogen) atoms. The Kier molecular flexibility index (Phi) is 9.43. The molecule has 1 aliphatic heterocycles. The number of rotatable bonds is 11. The summed E-state index contributed by atoms with van der Waals surface area (Å²) in [7, 11) is 3.92. The van der Waals surface area contributed by atoms with E-state index < -0.39 is 23.9 Å². The molecule has 2 aromatic rings. The lowest BCUT2D eigenvalue weighted by molar-refractivity contribution is -0.128. The third kappa shape index (κ3) is 7.96. The number of nitrogens with zero attached hydrogens (tertiary/aromatic N) is 1. The van der Waals surface area contributed by atoms with Crippen molar-refractivity contribution in [1.29, 1.82) is 0 Å². The second-order valence-corrected chi connectivity index (χ2v) is 8.97. The number of amides is 3. The zero-order valence-corrected chi connectivity index (χ0v) is 20.2. The van der Waals surface area contributed by atoms with Crippen LogP contribution in [-0.2, 0) is 20.8 Å². The maximum atomic E-state index is 13.1. The van der Waals surface area contributed by atoms with Gasteiger partial charge in [0, 0.05) is 44.7 Å². The van der Waals surface area contributed by atoms with Gasteiger partial charge in [-0.25, -0.2) is 0 Å². The molecule has 186 valence electrons. The van der Waals surface area contributed by atoms with Crippen molar-refractivity contribution in [1.82, 2.24) is 16.0 Å². The number of carbonyl (C=O) groups excluding carboxylic acids is 3. The summed E-state index contributed by atoms with van der Waals surface area (Å²) in [6.45, 7) is 0.316. The second kappa shape index (κ2) is 12.7. The molecule has 8 nitrogen and oxygen atoms in total. The lowest BCUT2D eigenvalue weighted by atomic mass is 9.98. The largest absolute Gasteiger partial charge is 0.394 e. The molecule has 0 spiro atoms. The average molecular weight is 479 g/mol. The maximum absolute atomic E-state index is 13.1. The summed E-state index contributed by atoms with van der Waals surface area (Å²) in [4.78, 5) is 39.7. The van der Waals surface area contributed by atoms with Crippen LogP contribution in [-0.4, -0.2) is 62.2 Å². The van der Waals surface area contributed by atoms with Gasteiger partial charge in [0.2, 0.25) is 17.7 Å². The third-order valence-corrected chi connectivity index (χ3v) is 6.05. The molecule has 1 saturated heterocycles. The van der Waals surface area contributed by atoms with Crippen LogP contribution < -0.4 is 20.9 Å². The number of anilines is 1. The molecular weight excluding hydrogens is 444 g/mol. The van der Waals surface area contributed by atoms with E-state index in [1.54, 1.807) is 6.08 Å². The van der Waals surface area contributed by atoms with Crippen molar-refractivity contribution in [3.8, 4) is 0 Å². The molecule has 3 amide bonds. The first-order valence-corrected chi connectivity index (χ1v) is 11.8. The summed E-state index contributed by atoms with van der Waals surface area (Å²) >= 11 is 0. The monoisotopic (exact) mass is 478 g/mol. The van der Waals surface area contributed by atoms with Gasteiger partial charge < -0.3 is 26.0 Å². The van der Waals surface area contributed by atoms with Gasteiger partial charge >= 0.3 is 0 Å². The predicted octanol–water partition coefficient (Wildman–Crippen LogP) is 1.50. The van der Waals surface area contributed by atoms with Crippen molar-refractivity contribution in [2.24, 2.45) is 5.92 Å². The van der Waals surface area contributed by atoms with E-state index in [4.69, 9.17) is 0 Å². The highest BCUT2D eigenvalue weighted by molar-refractivity contribution is 5.95. The van der Waals surface area contributed by atoms with Crippen molar-refractivity contribution >= 4 is 29.5 Å². The highest BCUT2D eigenvalue weighted by Gasteiger charge is 2.29. The topological polar surface area (TPSA) is 111 Å². The molecule has 0 saturated carbocycles. The van der Waals surface area contributed by atoms with Gasteiger partial charge in [-0.2, -0.15) is 0 Å². The average Bonchev–Trinajstić information content (AvgIpc) is 3.26. The van der Waals surface area contributed by atoms with E-state index in [1.165, 1.54) is 6.08 Å². The summed E-state index contributed by atoms with van der Waals surface area (Å²) in [5, 5.41) is 18.2. The Morgan fingerprint density at radius 3 is 2.43 bits per heavy atom. The second-order valence-electron chi connectivity index (χ2n) is 8.97. The van der Waals surface area contributed by atoms with Crippen LogP contribution in [0.4, 0.5) is 5.69 Å². The highest BCUT2D eigenvalue weighted by atomic mass is 16.3. The Balaban J connectivity index is 1.66. The van der Waals surface area contributed by atoms with Crippen LogP contribution in [0.3, 0.4) is 0 Å². The maximum Gasteiger partial charge on any atom is 0.244 e. The summed E-state index contributed by atoms with van der Waals surface area (Å²) in [5.41, 5.74) is 2.82. The molecule has 1 fully saturated rings. The number of aliphatic hydroxyl groups excluding tert-OH is 1. The zero-order chi connectivity index (χ0) is 25.2. The van der Waals surface area contributed by atoms with Crippen LogP contribution in [0, 0.1) is 5.92 Å². The Hall–Kier alpha value is -3.65. The number of carbonyl (C=O) groups is 3. The third-order valence-electron chi connectivity index (χ3n) is 6.05. The standard InChI is InChI=1S/C27H34N4O4/c1-31(2)23-11-8-19(9-12-23)10-13-25(33)30-24(16-20-6-4-3-5-7-20)27(35)29-22(18-32)17-21-14-15-28-26(21)34/h3-13,21-22,24,32H,14-18H2,1-2H3,(H,28,34)(H,29,35)(H,30,33)/b13-10+/t21-,22-,24-/m0/s1. The first-order chi connectivity index (χ1) is 16.9. The fourth-order valence-electron chi connectivity index (χ4n) is 4.03. The molecule has 0 aliphatic carbocycles. The number of nitrogens with one attached hydrogen (secondary N) is 3. The van der Waals surface area contributed by atoms with E-state index in [0.717, 1.165) is 16.8 Å². The van der Waals surface area contributed by atoms with Gasteiger partial charge in [0.1, 0.15) is 6.04 Å². The first-order valence-electron chi connectivity index (χ1n) is 11.8. The number of hydrogen-bond donors (Lipinski definition) is 4. The van der Waals surface area contributed by atoms with Gasteiger partial charge in [-0.1, -0.05) is 42.5 Å². The number of hydrogen-bond acceptors (Lipinski definition) is 5.